The van der Waals surface area contributed by atoms with Gasteiger partial charge in [-0.05, 0) is 30.5 Å². The van der Waals surface area contributed by atoms with E-state index in [-0.39, 0.29) is 0 Å². The fourth-order valence-electron chi connectivity index (χ4n) is 2.64. The average Bonchev–Trinajstić information content (AvgIpc) is 3.08. The van der Waals surface area contributed by atoms with E-state index in [9.17, 15) is 0 Å². The first-order chi connectivity index (χ1) is 10.8. The molecule has 0 amide bonds. The van der Waals surface area contributed by atoms with Crippen LogP contribution in [0, 0.1) is 0 Å². The molecule has 1 fully saturated rings. The maximum atomic E-state index is 6.22. The first kappa shape index (κ1) is 14.4. The standard InChI is InChI=1S/C16H21N5O/c1-22-13-6-4-12(5-7-13)10-18-15-14(17)16(20-11-19-15)21-8-2-3-9-21/h4-7,11H,2-3,8-10,17H2,1H3,(H,18,19,20). The normalized spacial score (nSPS) is 14.1. The summed E-state index contributed by atoms with van der Waals surface area (Å²) in [7, 11) is 1.66. The molecule has 1 aromatic heterocycles. The van der Waals surface area contributed by atoms with Crippen molar-refractivity contribution in [2.24, 2.45) is 0 Å². The van der Waals surface area contributed by atoms with Gasteiger partial charge >= 0.3 is 0 Å². The molecule has 0 saturated carbocycles. The predicted molar refractivity (Wildman–Crippen MR) is 88.2 cm³/mol. The molecule has 0 radical (unpaired) electrons. The molecule has 1 aromatic carbocycles. The lowest BCUT2D eigenvalue weighted by atomic mass is 10.2. The molecule has 6 heteroatoms. The van der Waals surface area contributed by atoms with Gasteiger partial charge in [0, 0.05) is 19.6 Å². The van der Waals surface area contributed by atoms with Crippen LogP contribution < -0.4 is 20.7 Å². The Kier molecular flexibility index (Phi) is 4.27. The van der Waals surface area contributed by atoms with Gasteiger partial charge in [-0.3, -0.25) is 0 Å². The highest BCUT2D eigenvalue weighted by atomic mass is 16.5. The van der Waals surface area contributed by atoms with Crippen LogP contribution >= 0.6 is 0 Å². The Balaban J connectivity index is 1.70. The van der Waals surface area contributed by atoms with Crippen molar-refractivity contribution in [2.45, 2.75) is 19.4 Å². The quantitative estimate of drug-likeness (QED) is 0.882. The SMILES string of the molecule is COc1ccc(CNc2ncnc(N3CCCC3)c2N)cc1. The Bertz CT molecular complexity index is 623. The molecule has 0 aliphatic carbocycles. The number of anilines is 3. The molecule has 0 bridgehead atoms. The van der Waals surface area contributed by atoms with Crippen molar-refractivity contribution in [1.82, 2.24) is 9.97 Å². The summed E-state index contributed by atoms with van der Waals surface area (Å²) in [5.41, 5.74) is 7.99. The third-order valence-corrected chi connectivity index (χ3v) is 3.89. The molecule has 116 valence electrons. The van der Waals surface area contributed by atoms with E-state index in [0.29, 0.717) is 18.1 Å². The van der Waals surface area contributed by atoms with Gasteiger partial charge in [0.25, 0.3) is 0 Å². The number of aromatic nitrogens is 2. The number of rotatable bonds is 5. The fourth-order valence-corrected chi connectivity index (χ4v) is 2.64. The van der Waals surface area contributed by atoms with Gasteiger partial charge in [0.2, 0.25) is 0 Å². The van der Waals surface area contributed by atoms with Gasteiger partial charge in [0.1, 0.15) is 17.8 Å². The fraction of sp³-hybridized carbons (Fsp3) is 0.375. The third-order valence-electron chi connectivity index (χ3n) is 3.89. The Morgan fingerprint density at radius 3 is 2.59 bits per heavy atom. The minimum Gasteiger partial charge on any atom is -0.497 e. The van der Waals surface area contributed by atoms with Gasteiger partial charge < -0.3 is 20.7 Å². The van der Waals surface area contributed by atoms with E-state index in [1.165, 1.54) is 12.8 Å². The lowest BCUT2D eigenvalue weighted by molar-refractivity contribution is 0.414. The van der Waals surface area contributed by atoms with E-state index < -0.39 is 0 Å². The van der Waals surface area contributed by atoms with Crippen LogP contribution in [0.2, 0.25) is 0 Å². The zero-order valence-electron chi connectivity index (χ0n) is 12.7. The van der Waals surface area contributed by atoms with Crippen LogP contribution in [0.4, 0.5) is 17.3 Å². The van der Waals surface area contributed by atoms with Crippen molar-refractivity contribution >= 4 is 17.3 Å². The third kappa shape index (κ3) is 3.05. The predicted octanol–water partition coefficient (Wildman–Crippen LogP) is 2.28. The number of nitrogens with one attached hydrogen (secondary N) is 1. The summed E-state index contributed by atoms with van der Waals surface area (Å²) < 4.78 is 5.16. The second-order valence-corrected chi connectivity index (χ2v) is 5.36. The lowest BCUT2D eigenvalue weighted by Gasteiger charge is -2.19. The zero-order valence-corrected chi connectivity index (χ0v) is 12.7. The first-order valence-electron chi connectivity index (χ1n) is 7.50. The number of ether oxygens (including phenoxy) is 1. The van der Waals surface area contributed by atoms with E-state index in [2.05, 4.69) is 20.2 Å². The van der Waals surface area contributed by atoms with Gasteiger partial charge in [-0.15, -0.1) is 0 Å². The molecular weight excluding hydrogens is 278 g/mol. The first-order valence-corrected chi connectivity index (χ1v) is 7.50. The maximum absolute atomic E-state index is 6.22. The molecule has 22 heavy (non-hydrogen) atoms. The van der Waals surface area contributed by atoms with E-state index >= 15 is 0 Å². The molecule has 2 heterocycles. The number of nitrogen functional groups attached to an aromatic ring is 1. The second-order valence-electron chi connectivity index (χ2n) is 5.36. The van der Waals surface area contributed by atoms with Gasteiger partial charge in [-0.2, -0.15) is 0 Å². The minimum absolute atomic E-state index is 0.623. The van der Waals surface area contributed by atoms with Crippen molar-refractivity contribution in [3.8, 4) is 5.75 Å². The highest BCUT2D eigenvalue weighted by Crippen LogP contribution is 2.28. The van der Waals surface area contributed by atoms with E-state index in [4.69, 9.17) is 10.5 Å². The number of methoxy groups -OCH3 is 1. The maximum Gasteiger partial charge on any atom is 0.157 e. The van der Waals surface area contributed by atoms with Crippen molar-refractivity contribution in [3.63, 3.8) is 0 Å². The molecule has 1 aliphatic rings. The highest BCUT2D eigenvalue weighted by Gasteiger charge is 2.18. The summed E-state index contributed by atoms with van der Waals surface area (Å²) in [4.78, 5) is 10.8. The van der Waals surface area contributed by atoms with Crippen LogP contribution in [0.5, 0.6) is 5.75 Å². The summed E-state index contributed by atoms with van der Waals surface area (Å²) in [5.74, 6) is 2.37. The highest BCUT2D eigenvalue weighted by molar-refractivity contribution is 5.75. The molecule has 1 saturated heterocycles. The van der Waals surface area contributed by atoms with Gasteiger partial charge in [-0.25, -0.2) is 9.97 Å². The summed E-state index contributed by atoms with van der Waals surface area (Å²) in [6.45, 7) is 2.68. The monoisotopic (exact) mass is 299 g/mol. The van der Waals surface area contributed by atoms with Gasteiger partial charge in [-0.1, -0.05) is 12.1 Å². The summed E-state index contributed by atoms with van der Waals surface area (Å²) >= 11 is 0. The van der Waals surface area contributed by atoms with E-state index in [1.807, 2.05) is 24.3 Å². The van der Waals surface area contributed by atoms with Crippen LogP contribution in [-0.2, 0) is 6.54 Å². The number of nitrogens with two attached hydrogens (primary N) is 1. The zero-order chi connectivity index (χ0) is 15.4. The van der Waals surface area contributed by atoms with Crippen LogP contribution in [0.3, 0.4) is 0 Å². The smallest absolute Gasteiger partial charge is 0.157 e. The molecule has 0 spiro atoms. The molecule has 6 nitrogen and oxygen atoms in total. The second kappa shape index (κ2) is 6.51. The average molecular weight is 299 g/mol. The molecule has 3 N–H and O–H groups in total. The van der Waals surface area contributed by atoms with Crippen LogP contribution in [0.15, 0.2) is 30.6 Å². The Labute approximate surface area is 130 Å². The summed E-state index contributed by atoms with van der Waals surface area (Å²) in [5, 5.41) is 3.29. The number of hydrogen-bond donors (Lipinski definition) is 2. The summed E-state index contributed by atoms with van der Waals surface area (Å²) in [6.07, 6.45) is 3.95. The lowest BCUT2D eigenvalue weighted by Crippen LogP contribution is -2.21. The number of benzene rings is 1. The van der Waals surface area contributed by atoms with Crippen LogP contribution in [-0.4, -0.2) is 30.2 Å². The van der Waals surface area contributed by atoms with Crippen molar-refractivity contribution in [2.75, 3.05) is 36.1 Å². The molecule has 1 aliphatic heterocycles. The Morgan fingerprint density at radius 1 is 1.18 bits per heavy atom. The van der Waals surface area contributed by atoms with E-state index in [0.717, 1.165) is 30.2 Å². The Morgan fingerprint density at radius 2 is 1.91 bits per heavy atom. The number of nitrogens with zero attached hydrogens (tertiary/aromatic N) is 3. The van der Waals surface area contributed by atoms with Crippen LogP contribution in [0.25, 0.3) is 0 Å². The number of hydrogen-bond acceptors (Lipinski definition) is 6. The largest absolute Gasteiger partial charge is 0.497 e. The summed E-state index contributed by atoms with van der Waals surface area (Å²) in [6, 6.07) is 7.92. The van der Waals surface area contributed by atoms with Crippen molar-refractivity contribution in [1.29, 1.82) is 0 Å². The van der Waals surface area contributed by atoms with Crippen molar-refractivity contribution < 1.29 is 4.74 Å². The molecular formula is C16H21N5O. The molecule has 3 rings (SSSR count). The topological polar surface area (TPSA) is 76.3 Å². The minimum atomic E-state index is 0.623. The van der Waals surface area contributed by atoms with Gasteiger partial charge in [0.15, 0.2) is 11.6 Å². The molecule has 0 unspecified atom stereocenters. The molecule has 0 atom stereocenters. The Hall–Kier alpha value is -2.50. The van der Waals surface area contributed by atoms with Gasteiger partial charge in [0.05, 0.1) is 7.11 Å². The molecule has 2 aromatic rings. The van der Waals surface area contributed by atoms with Crippen LogP contribution in [0.1, 0.15) is 18.4 Å². The van der Waals surface area contributed by atoms with E-state index in [1.54, 1.807) is 13.4 Å². The van der Waals surface area contributed by atoms with Crippen molar-refractivity contribution in [3.05, 3.63) is 36.2 Å².